The number of benzene rings is 1. The number of hydrogen-bond donors (Lipinski definition) is 2. The quantitative estimate of drug-likeness (QED) is 0.596. The monoisotopic (exact) mass is 223 g/mol. The van der Waals surface area contributed by atoms with Crippen LogP contribution in [0.4, 0.5) is 4.39 Å². The molecule has 0 aliphatic rings. The molecule has 2 nitrogen and oxygen atoms in total. The van der Waals surface area contributed by atoms with Gasteiger partial charge in [-0.3, -0.25) is 5.32 Å². The Labute approximate surface area is 85.3 Å². The highest BCUT2D eigenvalue weighted by Gasteiger charge is 2.16. The zero-order valence-corrected chi connectivity index (χ0v) is 8.33. The molecule has 1 aromatic carbocycles. The molecule has 0 aromatic heterocycles. The Morgan fingerprint density at radius 2 is 2.08 bits per heavy atom. The Hall–Kier alpha value is -0.350. The highest BCUT2D eigenvalue weighted by atomic mass is 35.5. The Morgan fingerprint density at radius 3 is 2.62 bits per heavy atom. The average molecular weight is 224 g/mol. The van der Waals surface area contributed by atoms with Gasteiger partial charge in [0, 0.05) is 10.6 Å². The average Bonchev–Trinajstić information content (AvgIpc) is 2.12. The van der Waals surface area contributed by atoms with Crippen LogP contribution in [0.15, 0.2) is 12.1 Å². The van der Waals surface area contributed by atoms with E-state index in [-0.39, 0.29) is 15.6 Å². The second-order valence-electron chi connectivity index (χ2n) is 2.45. The third-order valence-corrected chi connectivity index (χ3v) is 2.34. The standard InChI is InChI=1S/C8H8Cl2FNO/c1-12-8(13)6-4(9)2-3-5(11)7(6)10/h2-3,8,12-13H,1H3. The van der Waals surface area contributed by atoms with Crippen LogP contribution in [-0.4, -0.2) is 12.2 Å². The van der Waals surface area contributed by atoms with Gasteiger partial charge < -0.3 is 5.11 Å². The molecule has 13 heavy (non-hydrogen) atoms. The number of hydrogen-bond acceptors (Lipinski definition) is 2. The summed E-state index contributed by atoms with van der Waals surface area (Å²) >= 11 is 11.3. The summed E-state index contributed by atoms with van der Waals surface area (Å²) in [5.41, 5.74) is 0.158. The molecule has 2 N–H and O–H groups in total. The normalized spacial score (nSPS) is 13.0. The van der Waals surface area contributed by atoms with Gasteiger partial charge in [0.05, 0.1) is 5.02 Å². The third-order valence-electron chi connectivity index (χ3n) is 1.63. The van der Waals surface area contributed by atoms with E-state index in [4.69, 9.17) is 23.2 Å². The van der Waals surface area contributed by atoms with Crippen molar-refractivity contribution >= 4 is 23.2 Å². The van der Waals surface area contributed by atoms with Crippen LogP contribution in [0.1, 0.15) is 11.8 Å². The van der Waals surface area contributed by atoms with Crippen molar-refractivity contribution in [3.8, 4) is 0 Å². The Balaban J connectivity index is 3.25. The lowest BCUT2D eigenvalue weighted by Crippen LogP contribution is -2.16. The van der Waals surface area contributed by atoms with Gasteiger partial charge in [-0.2, -0.15) is 0 Å². The van der Waals surface area contributed by atoms with Gasteiger partial charge in [-0.25, -0.2) is 4.39 Å². The number of aliphatic hydroxyl groups is 1. The summed E-state index contributed by atoms with van der Waals surface area (Å²) in [6.45, 7) is 0. The second kappa shape index (κ2) is 4.24. The van der Waals surface area contributed by atoms with Gasteiger partial charge in [-0.1, -0.05) is 23.2 Å². The number of halogens is 3. The molecule has 0 saturated heterocycles. The largest absolute Gasteiger partial charge is 0.374 e. The minimum Gasteiger partial charge on any atom is -0.374 e. The lowest BCUT2D eigenvalue weighted by molar-refractivity contribution is 0.149. The van der Waals surface area contributed by atoms with Crippen molar-refractivity contribution in [2.75, 3.05) is 7.05 Å². The molecule has 0 heterocycles. The number of rotatable bonds is 2. The van der Waals surface area contributed by atoms with Gasteiger partial charge in [-0.05, 0) is 19.2 Å². The molecule has 1 unspecified atom stereocenters. The summed E-state index contributed by atoms with van der Waals surface area (Å²) in [5, 5.41) is 12.0. The van der Waals surface area contributed by atoms with E-state index in [1.165, 1.54) is 13.1 Å². The zero-order chi connectivity index (χ0) is 10.0. The summed E-state index contributed by atoms with van der Waals surface area (Å²) in [6, 6.07) is 2.50. The van der Waals surface area contributed by atoms with E-state index < -0.39 is 12.0 Å². The Morgan fingerprint density at radius 1 is 1.46 bits per heavy atom. The molecule has 5 heteroatoms. The minimum atomic E-state index is -1.06. The third kappa shape index (κ3) is 2.11. The Bertz CT molecular complexity index is 319. The Kier molecular flexibility index (Phi) is 3.50. The van der Waals surface area contributed by atoms with Crippen molar-refractivity contribution < 1.29 is 9.50 Å². The predicted octanol–water partition coefficient (Wildman–Crippen LogP) is 2.34. The van der Waals surface area contributed by atoms with Crippen LogP contribution >= 0.6 is 23.2 Å². The maximum atomic E-state index is 12.9. The highest BCUT2D eigenvalue weighted by molar-refractivity contribution is 6.36. The first kappa shape index (κ1) is 10.7. The van der Waals surface area contributed by atoms with Gasteiger partial charge in [0.2, 0.25) is 0 Å². The molecule has 72 valence electrons. The fraction of sp³-hybridized carbons (Fsp3) is 0.250. The minimum absolute atomic E-state index is 0.158. The molecule has 0 spiro atoms. The van der Waals surface area contributed by atoms with Gasteiger partial charge in [-0.15, -0.1) is 0 Å². The van der Waals surface area contributed by atoms with E-state index >= 15 is 0 Å². The maximum Gasteiger partial charge on any atom is 0.142 e. The van der Waals surface area contributed by atoms with Crippen LogP contribution in [0, 0.1) is 5.82 Å². The summed E-state index contributed by atoms with van der Waals surface area (Å²) in [7, 11) is 1.52. The second-order valence-corrected chi connectivity index (χ2v) is 3.23. The van der Waals surface area contributed by atoms with Gasteiger partial charge >= 0.3 is 0 Å². The van der Waals surface area contributed by atoms with E-state index in [0.717, 1.165) is 6.07 Å². The van der Waals surface area contributed by atoms with Crippen LogP contribution in [0.2, 0.25) is 10.0 Å². The van der Waals surface area contributed by atoms with Crippen LogP contribution in [-0.2, 0) is 0 Å². The van der Waals surface area contributed by atoms with Gasteiger partial charge in [0.25, 0.3) is 0 Å². The summed E-state index contributed by atoms with van der Waals surface area (Å²) in [5.74, 6) is -0.602. The predicted molar refractivity (Wildman–Crippen MR) is 50.4 cm³/mol. The first-order valence-corrected chi connectivity index (χ1v) is 4.32. The molecule has 1 atom stereocenters. The highest BCUT2D eigenvalue weighted by Crippen LogP contribution is 2.30. The van der Waals surface area contributed by atoms with E-state index in [1.807, 2.05) is 0 Å². The summed E-state index contributed by atoms with van der Waals surface area (Å²) < 4.78 is 12.9. The van der Waals surface area contributed by atoms with Crippen LogP contribution in [0.25, 0.3) is 0 Å². The fourth-order valence-electron chi connectivity index (χ4n) is 0.938. The molecule has 0 aliphatic heterocycles. The van der Waals surface area contributed by atoms with Crippen molar-refractivity contribution in [1.29, 1.82) is 0 Å². The van der Waals surface area contributed by atoms with Crippen molar-refractivity contribution in [3.05, 3.63) is 33.6 Å². The zero-order valence-electron chi connectivity index (χ0n) is 6.81. The van der Waals surface area contributed by atoms with Crippen molar-refractivity contribution in [2.45, 2.75) is 6.23 Å². The lowest BCUT2D eigenvalue weighted by atomic mass is 10.2. The topological polar surface area (TPSA) is 32.3 Å². The number of nitrogens with one attached hydrogen (secondary N) is 1. The smallest absolute Gasteiger partial charge is 0.142 e. The molecule has 0 radical (unpaired) electrons. The molecular formula is C8H8Cl2FNO. The summed E-state index contributed by atoms with van der Waals surface area (Å²) in [6.07, 6.45) is -1.06. The van der Waals surface area contributed by atoms with E-state index in [9.17, 15) is 9.50 Å². The van der Waals surface area contributed by atoms with Gasteiger partial charge in [0.15, 0.2) is 0 Å². The molecular weight excluding hydrogens is 216 g/mol. The summed E-state index contributed by atoms with van der Waals surface area (Å²) in [4.78, 5) is 0. The first-order chi connectivity index (χ1) is 6.07. The van der Waals surface area contributed by atoms with Crippen LogP contribution in [0.3, 0.4) is 0 Å². The van der Waals surface area contributed by atoms with E-state index in [1.54, 1.807) is 0 Å². The van der Waals surface area contributed by atoms with E-state index in [0.29, 0.717) is 0 Å². The fourth-order valence-corrected chi connectivity index (χ4v) is 1.52. The van der Waals surface area contributed by atoms with Crippen molar-refractivity contribution in [3.63, 3.8) is 0 Å². The molecule has 1 aromatic rings. The lowest BCUT2D eigenvalue weighted by Gasteiger charge is -2.13. The van der Waals surface area contributed by atoms with Crippen LogP contribution < -0.4 is 5.32 Å². The van der Waals surface area contributed by atoms with E-state index in [2.05, 4.69) is 5.32 Å². The molecule has 0 bridgehead atoms. The SMILES string of the molecule is CNC(O)c1c(Cl)ccc(F)c1Cl. The molecule has 0 fully saturated rings. The maximum absolute atomic E-state index is 12.9. The van der Waals surface area contributed by atoms with Gasteiger partial charge in [0.1, 0.15) is 12.0 Å². The first-order valence-electron chi connectivity index (χ1n) is 3.56. The van der Waals surface area contributed by atoms with Crippen LogP contribution in [0.5, 0.6) is 0 Å². The molecule has 1 rings (SSSR count). The molecule has 0 aliphatic carbocycles. The molecule has 0 saturated carbocycles. The molecule has 0 amide bonds. The van der Waals surface area contributed by atoms with Crippen molar-refractivity contribution in [1.82, 2.24) is 5.32 Å². The van der Waals surface area contributed by atoms with Crippen molar-refractivity contribution in [2.24, 2.45) is 0 Å². The number of aliphatic hydroxyl groups excluding tert-OH is 1.